The predicted octanol–water partition coefficient (Wildman–Crippen LogP) is 4.76. The summed E-state index contributed by atoms with van der Waals surface area (Å²) < 4.78 is 5.39. The quantitative estimate of drug-likeness (QED) is 0.572. The summed E-state index contributed by atoms with van der Waals surface area (Å²) in [5.74, 6) is 1.06. The van der Waals surface area contributed by atoms with Crippen LogP contribution in [-0.2, 0) is 6.54 Å². The van der Waals surface area contributed by atoms with E-state index in [4.69, 9.17) is 4.42 Å². The van der Waals surface area contributed by atoms with Crippen molar-refractivity contribution in [3.05, 3.63) is 23.7 Å². The minimum atomic E-state index is 0.475. The predicted molar refractivity (Wildman–Crippen MR) is 83.7 cm³/mol. The van der Waals surface area contributed by atoms with Gasteiger partial charge in [0.15, 0.2) is 0 Å². The van der Waals surface area contributed by atoms with Gasteiger partial charge in [-0.25, -0.2) is 0 Å². The molecule has 0 unspecified atom stereocenters. The Morgan fingerprint density at radius 3 is 2.47 bits per heavy atom. The van der Waals surface area contributed by atoms with Gasteiger partial charge in [-0.05, 0) is 38.3 Å². The van der Waals surface area contributed by atoms with Gasteiger partial charge in [-0.3, -0.25) is 0 Å². The van der Waals surface area contributed by atoms with Gasteiger partial charge in [0.2, 0.25) is 0 Å². The Kier molecular flexibility index (Phi) is 5.52. The third-order valence-electron chi connectivity index (χ3n) is 4.46. The van der Waals surface area contributed by atoms with Gasteiger partial charge in [0.25, 0.3) is 0 Å². The van der Waals surface area contributed by atoms with Crippen LogP contribution in [0.5, 0.6) is 0 Å². The minimum Gasteiger partial charge on any atom is -0.469 e. The first-order valence-corrected chi connectivity index (χ1v) is 8.55. The molecule has 0 amide bonds. The molecule has 108 valence electrons. The molecule has 1 aliphatic carbocycles. The molecule has 1 fully saturated rings. The molecule has 0 spiro atoms. The van der Waals surface area contributed by atoms with Crippen LogP contribution in [0.15, 0.2) is 16.7 Å². The molecule has 1 aromatic heterocycles. The van der Waals surface area contributed by atoms with Crippen molar-refractivity contribution >= 4 is 15.9 Å². The van der Waals surface area contributed by atoms with Crippen molar-refractivity contribution in [3.8, 4) is 0 Å². The second kappa shape index (κ2) is 6.94. The molecule has 2 nitrogen and oxygen atoms in total. The third kappa shape index (κ3) is 4.09. The minimum absolute atomic E-state index is 0.475. The molecule has 0 saturated heterocycles. The highest BCUT2D eigenvalue weighted by Crippen LogP contribution is 2.37. The number of aryl methyl sites for hydroxylation is 1. The Hall–Kier alpha value is -0.280. The topological polar surface area (TPSA) is 16.4 Å². The van der Waals surface area contributed by atoms with Crippen molar-refractivity contribution in [1.82, 2.24) is 4.90 Å². The van der Waals surface area contributed by atoms with Crippen LogP contribution in [0.25, 0.3) is 0 Å². The largest absolute Gasteiger partial charge is 0.469 e. The van der Waals surface area contributed by atoms with Gasteiger partial charge >= 0.3 is 0 Å². The maximum Gasteiger partial charge on any atom is 0.105 e. The Balaban J connectivity index is 1.95. The molecular formula is C16H26BrNO. The lowest BCUT2D eigenvalue weighted by molar-refractivity contribution is 0.170. The van der Waals surface area contributed by atoms with Gasteiger partial charge in [-0.1, -0.05) is 41.6 Å². The molecule has 1 aromatic rings. The third-order valence-corrected chi connectivity index (χ3v) is 5.65. The highest BCUT2D eigenvalue weighted by Gasteiger charge is 2.31. The molecule has 1 aliphatic rings. The van der Waals surface area contributed by atoms with Gasteiger partial charge in [-0.2, -0.15) is 0 Å². The second-order valence-corrected chi connectivity index (χ2v) is 6.78. The Morgan fingerprint density at radius 2 is 1.95 bits per heavy atom. The molecule has 0 atom stereocenters. The van der Waals surface area contributed by atoms with E-state index in [9.17, 15) is 0 Å². The second-order valence-electron chi connectivity index (χ2n) is 6.22. The summed E-state index contributed by atoms with van der Waals surface area (Å²) in [5, 5.41) is 1.13. The lowest BCUT2D eigenvalue weighted by atomic mass is 9.82. The van der Waals surface area contributed by atoms with Crippen LogP contribution in [0, 0.1) is 12.3 Å². The Labute approximate surface area is 125 Å². The summed E-state index contributed by atoms with van der Waals surface area (Å²) in [5.41, 5.74) is 1.80. The zero-order valence-corrected chi connectivity index (χ0v) is 13.8. The zero-order chi connectivity index (χ0) is 13.7. The van der Waals surface area contributed by atoms with Gasteiger partial charge in [-0.15, -0.1) is 0 Å². The summed E-state index contributed by atoms with van der Waals surface area (Å²) in [7, 11) is 2.24. The lowest BCUT2D eigenvalue weighted by Crippen LogP contribution is -2.36. The Morgan fingerprint density at radius 1 is 1.26 bits per heavy atom. The van der Waals surface area contributed by atoms with E-state index in [0.717, 1.165) is 17.6 Å². The number of rotatable bonds is 5. The van der Waals surface area contributed by atoms with Crippen LogP contribution in [0.2, 0.25) is 0 Å². The van der Waals surface area contributed by atoms with E-state index >= 15 is 0 Å². The average molecular weight is 328 g/mol. The fourth-order valence-electron chi connectivity index (χ4n) is 3.31. The smallest absolute Gasteiger partial charge is 0.105 e. The van der Waals surface area contributed by atoms with Crippen molar-refractivity contribution < 1.29 is 4.42 Å². The maximum absolute atomic E-state index is 5.39. The van der Waals surface area contributed by atoms with E-state index < -0.39 is 0 Å². The summed E-state index contributed by atoms with van der Waals surface area (Å²) in [6.07, 6.45) is 10.2. The first-order chi connectivity index (χ1) is 9.15. The van der Waals surface area contributed by atoms with E-state index in [1.807, 2.05) is 0 Å². The molecule has 0 N–H and O–H groups in total. The van der Waals surface area contributed by atoms with Crippen molar-refractivity contribution in [2.45, 2.75) is 52.0 Å². The summed E-state index contributed by atoms with van der Waals surface area (Å²) in [6.45, 7) is 4.23. The van der Waals surface area contributed by atoms with Gasteiger partial charge in [0.1, 0.15) is 5.76 Å². The van der Waals surface area contributed by atoms with Crippen molar-refractivity contribution in [2.24, 2.45) is 5.41 Å². The lowest BCUT2D eigenvalue weighted by Gasteiger charge is -2.35. The summed E-state index contributed by atoms with van der Waals surface area (Å²) in [4.78, 5) is 2.46. The van der Waals surface area contributed by atoms with E-state index in [-0.39, 0.29) is 0 Å². The summed E-state index contributed by atoms with van der Waals surface area (Å²) >= 11 is 3.78. The van der Waals surface area contributed by atoms with Crippen LogP contribution in [0.3, 0.4) is 0 Å². The number of furan rings is 1. The SMILES string of the molecule is Cc1occc1CN(C)CC1(CBr)CCCCCC1. The van der Waals surface area contributed by atoms with Crippen molar-refractivity contribution in [2.75, 3.05) is 18.9 Å². The fourth-order valence-corrected chi connectivity index (χ4v) is 4.05. The molecule has 3 heteroatoms. The standard InChI is InChI=1S/C16H26BrNO/c1-14-15(7-10-19-14)11-18(2)13-16(12-17)8-5-3-4-6-9-16/h7,10H,3-6,8-9,11-13H2,1-2H3. The molecule has 2 rings (SSSR count). The van der Waals surface area contributed by atoms with Crippen LogP contribution in [0.4, 0.5) is 0 Å². The van der Waals surface area contributed by atoms with Crippen molar-refractivity contribution in [3.63, 3.8) is 0 Å². The van der Waals surface area contributed by atoms with E-state index in [0.29, 0.717) is 5.41 Å². The molecule has 0 aromatic carbocycles. The fraction of sp³-hybridized carbons (Fsp3) is 0.750. The zero-order valence-electron chi connectivity index (χ0n) is 12.3. The average Bonchev–Trinajstić information content (AvgIpc) is 2.66. The maximum atomic E-state index is 5.39. The molecule has 1 heterocycles. The monoisotopic (exact) mass is 327 g/mol. The Bertz CT molecular complexity index is 380. The van der Waals surface area contributed by atoms with Crippen LogP contribution in [-0.4, -0.2) is 23.8 Å². The van der Waals surface area contributed by atoms with Crippen LogP contribution < -0.4 is 0 Å². The first-order valence-electron chi connectivity index (χ1n) is 7.43. The van der Waals surface area contributed by atoms with Gasteiger partial charge in [0.05, 0.1) is 6.26 Å². The number of nitrogens with zero attached hydrogens (tertiary/aromatic N) is 1. The summed E-state index contributed by atoms with van der Waals surface area (Å²) in [6, 6.07) is 2.10. The van der Waals surface area contributed by atoms with E-state index in [1.54, 1.807) is 6.26 Å². The highest BCUT2D eigenvalue weighted by molar-refractivity contribution is 9.09. The van der Waals surface area contributed by atoms with Crippen LogP contribution >= 0.6 is 15.9 Å². The number of halogens is 1. The normalized spacial score (nSPS) is 19.6. The van der Waals surface area contributed by atoms with Crippen molar-refractivity contribution in [1.29, 1.82) is 0 Å². The molecule has 0 aliphatic heterocycles. The molecule has 0 bridgehead atoms. The van der Waals surface area contributed by atoms with Gasteiger partial charge in [0, 0.05) is 24.0 Å². The molecular weight excluding hydrogens is 302 g/mol. The highest BCUT2D eigenvalue weighted by atomic mass is 79.9. The number of alkyl halides is 1. The van der Waals surface area contributed by atoms with Gasteiger partial charge < -0.3 is 9.32 Å². The number of hydrogen-bond acceptors (Lipinski definition) is 2. The molecule has 0 radical (unpaired) electrons. The van der Waals surface area contributed by atoms with Crippen LogP contribution in [0.1, 0.15) is 49.8 Å². The molecule has 1 saturated carbocycles. The first kappa shape index (κ1) is 15.1. The molecule has 19 heavy (non-hydrogen) atoms. The number of hydrogen-bond donors (Lipinski definition) is 0. The van der Waals surface area contributed by atoms with E-state index in [1.165, 1.54) is 50.6 Å². The van der Waals surface area contributed by atoms with E-state index in [2.05, 4.69) is 40.9 Å².